The third kappa shape index (κ3) is 2.51. The summed E-state index contributed by atoms with van der Waals surface area (Å²) in [6.45, 7) is 5.82. The van der Waals surface area contributed by atoms with Crippen molar-refractivity contribution in [3.63, 3.8) is 0 Å². The summed E-state index contributed by atoms with van der Waals surface area (Å²) in [5, 5.41) is 3.92. The van der Waals surface area contributed by atoms with Crippen LogP contribution in [0.2, 0.25) is 0 Å². The van der Waals surface area contributed by atoms with Crippen LogP contribution in [0.25, 0.3) is 0 Å². The van der Waals surface area contributed by atoms with Gasteiger partial charge in [0.05, 0.1) is 5.69 Å². The van der Waals surface area contributed by atoms with E-state index >= 15 is 0 Å². The number of carbonyl (C=O) groups excluding carboxylic acids is 1. The molecule has 0 aliphatic rings. The second kappa shape index (κ2) is 4.78. The van der Waals surface area contributed by atoms with Crippen LogP contribution in [0.3, 0.4) is 0 Å². The van der Waals surface area contributed by atoms with Gasteiger partial charge in [0.15, 0.2) is 5.13 Å². The van der Waals surface area contributed by atoms with Gasteiger partial charge in [-0.3, -0.25) is 10.1 Å². The lowest BCUT2D eigenvalue weighted by Gasteiger charge is -2.04. The van der Waals surface area contributed by atoms with E-state index in [0.717, 1.165) is 11.3 Å². The van der Waals surface area contributed by atoms with Gasteiger partial charge in [-0.25, -0.2) is 4.98 Å². The third-order valence-electron chi connectivity index (χ3n) is 2.82. The normalized spacial score (nSPS) is 10.4. The maximum absolute atomic E-state index is 12.0. The van der Waals surface area contributed by atoms with Gasteiger partial charge >= 0.3 is 0 Å². The highest BCUT2D eigenvalue weighted by Crippen LogP contribution is 2.24. The minimum atomic E-state index is -0.160. The van der Waals surface area contributed by atoms with Crippen LogP contribution < -0.4 is 11.1 Å². The summed E-state index contributed by atoms with van der Waals surface area (Å²) in [4.78, 5) is 16.2. The Bertz CT molecular complexity index is 585. The second-order valence-electron chi connectivity index (χ2n) is 4.22. The van der Waals surface area contributed by atoms with Gasteiger partial charge in [-0.1, -0.05) is 17.4 Å². The first-order valence-electron chi connectivity index (χ1n) is 5.59. The predicted molar refractivity (Wildman–Crippen MR) is 75.1 cm³/mol. The van der Waals surface area contributed by atoms with Crippen molar-refractivity contribution in [2.75, 3.05) is 11.1 Å². The number of thiazole rings is 1. The molecule has 1 aromatic heterocycles. The van der Waals surface area contributed by atoms with E-state index in [9.17, 15) is 4.79 Å². The number of nitrogens with two attached hydrogens (primary N) is 1. The van der Waals surface area contributed by atoms with E-state index in [1.807, 2.05) is 39.0 Å². The van der Waals surface area contributed by atoms with Gasteiger partial charge in [-0.05, 0) is 44.0 Å². The van der Waals surface area contributed by atoms with Crippen LogP contribution in [0.4, 0.5) is 10.1 Å². The lowest BCUT2D eigenvalue weighted by molar-refractivity contribution is 0.102. The molecule has 1 amide bonds. The second-order valence-corrected chi connectivity index (χ2v) is 5.25. The summed E-state index contributed by atoms with van der Waals surface area (Å²) < 4.78 is 0. The number of benzene rings is 1. The molecule has 3 N–H and O–H groups in total. The van der Waals surface area contributed by atoms with E-state index in [2.05, 4.69) is 10.3 Å². The van der Waals surface area contributed by atoms with E-state index in [0.29, 0.717) is 15.7 Å². The van der Waals surface area contributed by atoms with Gasteiger partial charge in [0, 0.05) is 5.56 Å². The number of hydrogen-bond donors (Lipinski definition) is 2. The monoisotopic (exact) mass is 261 g/mol. The first-order valence-corrected chi connectivity index (χ1v) is 6.40. The van der Waals surface area contributed by atoms with E-state index in [1.54, 1.807) is 0 Å². The molecule has 0 fully saturated rings. The molecule has 2 rings (SSSR count). The van der Waals surface area contributed by atoms with Crippen LogP contribution in [-0.2, 0) is 0 Å². The van der Waals surface area contributed by atoms with Crippen LogP contribution in [0.1, 0.15) is 27.2 Å². The molecule has 1 aromatic carbocycles. The predicted octanol–water partition coefficient (Wildman–Crippen LogP) is 2.90. The highest BCUT2D eigenvalue weighted by molar-refractivity contribution is 7.19. The summed E-state index contributed by atoms with van der Waals surface area (Å²) in [6, 6.07) is 5.61. The van der Waals surface area contributed by atoms with Gasteiger partial charge in [0.2, 0.25) is 0 Å². The number of hydrogen-bond acceptors (Lipinski definition) is 4. The molecule has 0 unspecified atom stereocenters. The number of anilines is 2. The van der Waals surface area contributed by atoms with Crippen LogP contribution in [-0.4, -0.2) is 10.9 Å². The van der Waals surface area contributed by atoms with Crippen molar-refractivity contribution in [2.45, 2.75) is 20.8 Å². The number of nitrogen functional groups attached to an aromatic ring is 1. The molecule has 0 aliphatic heterocycles. The molecule has 1 heterocycles. The molecule has 0 saturated heterocycles. The van der Waals surface area contributed by atoms with E-state index in [4.69, 9.17) is 5.73 Å². The standard InChI is InChI=1S/C13H15N3OS/c1-7-4-5-10(6-8(7)2)12(17)16-13-15-9(3)11(14)18-13/h4-6H,14H2,1-3H3,(H,15,16,17). The fourth-order valence-corrected chi connectivity index (χ4v) is 2.24. The van der Waals surface area contributed by atoms with Crippen molar-refractivity contribution in [1.82, 2.24) is 4.98 Å². The Kier molecular flexibility index (Phi) is 3.34. The quantitative estimate of drug-likeness (QED) is 0.873. The molecule has 2 aromatic rings. The third-order valence-corrected chi connectivity index (χ3v) is 3.72. The highest BCUT2D eigenvalue weighted by Gasteiger charge is 2.10. The number of nitrogens with one attached hydrogen (secondary N) is 1. The fourth-order valence-electron chi connectivity index (χ4n) is 1.51. The SMILES string of the molecule is Cc1ccc(C(=O)Nc2nc(C)c(N)s2)cc1C. The lowest BCUT2D eigenvalue weighted by atomic mass is 10.1. The average Bonchev–Trinajstić information content (AvgIpc) is 2.61. The Morgan fingerprint density at radius 2 is 2.00 bits per heavy atom. The Balaban J connectivity index is 2.19. The zero-order valence-corrected chi connectivity index (χ0v) is 11.4. The van der Waals surface area contributed by atoms with Crippen molar-refractivity contribution in [2.24, 2.45) is 0 Å². The van der Waals surface area contributed by atoms with Gasteiger partial charge in [-0.2, -0.15) is 0 Å². The maximum atomic E-state index is 12.0. The molecule has 0 aliphatic carbocycles. The van der Waals surface area contributed by atoms with Crippen molar-refractivity contribution >= 4 is 27.4 Å². The van der Waals surface area contributed by atoms with Crippen LogP contribution in [0.15, 0.2) is 18.2 Å². The molecule has 0 saturated carbocycles. The summed E-state index contributed by atoms with van der Waals surface area (Å²) in [6.07, 6.45) is 0. The number of aryl methyl sites for hydroxylation is 3. The van der Waals surface area contributed by atoms with E-state index in [-0.39, 0.29) is 5.91 Å². The highest BCUT2D eigenvalue weighted by atomic mass is 32.1. The average molecular weight is 261 g/mol. The van der Waals surface area contributed by atoms with Gasteiger partial charge < -0.3 is 5.73 Å². The Morgan fingerprint density at radius 3 is 2.56 bits per heavy atom. The van der Waals surface area contributed by atoms with Crippen LogP contribution in [0.5, 0.6) is 0 Å². The van der Waals surface area contributed by atoms with Crippen molar-refractivity contribution in [3.8, 4) is 0 Å². The number of rotatable bonds is 2. The van der Waals surface area contributed by atoms with Crippen LogP contribution in [0, 0.1) is 20.8 Å². The molecular weight excluding hydrogens is 246 g/mol. The van der Waals surface area contributed by atoms with Crippen molar-refractivity contribution in [1.29, 1.82) is 0 Å². The lowest BCUT2D eigenvalue weighted by Crippen LogP contribution is -2.12. The topological polar surface area (TPSA) is 68.0 Å². The number of nitrogens with zero attached hydrogens (tertiary/aromatic N) is 1. The molecule has 0 radical (unpaired) electrons. The Hall–Kier alpha value is -1.88. The smallest absolute Gasteiger partial charge is 0.257 e. The van der Waals surface area contributed by atoms with Gasteiger partial charge in [0.1, 0.15) is 5.00 Å². The number of amides is 1. The molecule has 18 heavy (non-hydrogen) atoms. The molecule has 0 spiro atoms. The van der Waals surface area contributed by atoms with Crippen molar-refractivity contribution < 1.29 is 4.79 Å². The molecule has 94 valence electrons. The van der Waals surface area contributed by atoms with Crippen molar-refractivity contribution in [3.05, 3.63) is 40.6 Å². The zero-order chi connectivity index (χ0) is 13.3. The fraction of sp³-hybridized carbons (Fsp3) is 0.231. The van der Waals surface area contributed by atoms with Crippen LogP contribution >= 0.6 is 11.3 Å². The largest absolute Gasteiger partial charge is 0.389 e. The molecule has 5 heteroatoms. The maximum Gasteiger partial charge on any atom is 0.257 e. The Morgan fingerprint density at radius 1 is 1.28 bits per heavy atom. The zero-order valence-electron chi connectivity index (χ0n) is 10.6. The number of carbonyl (C=O) groups is 1. The Labute approximate surface area is 110 Å². The molecule has 0 bridgehead atoms. The van der Waals surface area contributed by atoms with E-state index < -0.39 is 0 Å². The van der Waals surface area contributed by atoms with E-state index in [1.165, 1.54) is 16.9 Å². The molecular formula is C13H15N3OS. The first kappa shape index (κ1) is 12.6. The molecule has 4 nitrogen and oxygen atoms in total. The summed E-state index contributed by atoms with van der Waals surface area (Å²) in [5.41, 5.74) is 9.34. The summed E-state index contributed by atoms with van der Waals surface area (Å²) in [5.74, 6) is -0.160. The molecule has 0 atom stereocenters. The summed E-state index contributed by atoms with van der Waals surface area (Å²) >= 11 is 1.28. The minimum Gasteiger partial charge on any atom is -0.389 e. The summed E-state index contributed by atoms with van der Waals surface area (Å²) in [7, 11) is 0. The first-order chi connectivity index (χ1) is 8.47. The number of aromatic nitrogens is 1. The minimum absolute atomic E-state index is 0.160. The van der Waals surface area contributed by atoms with Gasteiger partial charge in [0.25, 0.3) is 5.91 Å². The van der Waals surface area contributed by atoms with Gasteiger partial charge in [-0.15, -0.1) is 0 Å².